The van der Waals surface area contributed by atoms with E-state index in [1.165, 1.54) is 6.08 Å². The number of likely N-dealkylation sites (N-methyl/N-ethyl adjacent to an activating group) is 1. The van der Waals surface area contributed by atoms with Crippen LogP contribution in [0.4, 0.5) is 5.69 Å². The molecule has 1 aromatic heterocycles. The Morgan fingerprint density at radius 1 is 1.13 bits per heavy atom. The highest BCUT2D eigenvalue weighted by molar-refractivity contribution is 6.05. The first-order valence-electron chi connectivity index (χ1n) is 9.35. The van der Waals surface area contributed by atoms with E-state index >= 15 is 0 Å². The van der Waals surface area contributed by atoms with E-state index in [1.54, 1.807) is 48.5 Å². The number of benzene rings is 2. The number of nitrogens with one attached hydrogen (secondary N) is 1. The fourth-order valence-electron chi connectivity index (χ4n) is 2.67. The molecule has 0 aliphatic heterocycles. The van der Waals surface area contributed by atoms with Crippen LogP contribution in [-0.2, 0) is 9.53 Å². The van der Waals surface area contributed by atoms with E-state index in [0.29, 0.717) is 23.4 Å². The maximum absolute atomic E-state index is 12.8. The van der Waals surface area contributed by atoms with Crippen molar-refractivity contribution in [2.45, 2.75) is 0 Å². The molecule has 3 aromatic rings. The molecule has 0 bridgehead atoms. The predicted molar refractivity (Wildman–Crippen MR) is 115 cm³/mol. The Kier molecular flexibility index (Phi) is 6.77. The van der Waals surface area contributed by atoms with Crippen LogP contribution < -0.4 is 10.7 Å². The summed E-state index contributed by atoms with van der Waals surface area (Å²) < 4.78 is 10.5. The quantitative estimate of drug-likeness (QED) is 0.479. The molecule has 0 aliphatic rings. The smallest absolute Gasteiger partial charge is 0.330 e. The zero-order valence-electron chi connectivity index (χ0n) is 16.8. The predicted octanol–water partition coefficient (Wildman–Crippen LogP) is 3.16. The Bertz CT molecular complexity index is 1130. The van der Waals surface area contributed by atoms with Crippen LogP contribution in [0.15, 0.2) is 70.1 Å². The van der Waals surface area contributed by atoms with Crippen molar-refractivity contribution < 1.29 is 18.7 Å². The van der Waals surface area contributed by atoms with Gasteiger partial charge in [-0.15, -0.1) is 0 Å². The molecule has 3 rings (SSSR count). The number of amides is 1. The number of rotatable bonds is 7. The summed E-state index contributed by atoms with van der Waals surface area (Å²) in [5.41, 5.74) is 0.984. The number of carbonyl (C=O) groups is 2. The molecule has 1 N–H and O–H groups in total. The van der Waals surface area contributed by atoms with Crippen molar-refractivity contribution >= 4 is 34.6 Å². The third-order valence-corrected chi connectivity index (χ3v) is 4.27. The number of anilines is 1. The molecule has 0 aliphatic carbocycles. The molecule has 154 valence electrons. The number of hydrogen-bond donors (Lipinski definition) is 1. The molecule has 7 nitrogen and oxygen atoms in total. The monoisotopic (exact) mass is 406 g/mol. The van der Waals surface area contributed by atoms with Crippen molar-refractivity contribution in [1.82, 2.24) is 4.90 Å². The summed E-state index contributed by atoms with van der Waals surface area (Å²) >= 11 is 0. The number of hydrogen-bond acceptors (Lipinski definition) is 6. The highest BCUT2D eigenvalue weighted by atomic mass is 16.5. The topological polar surface area (TPSA) is 88.8 Å². The number of fused-ring (bicyclic) bond motifs is 1. The number of nitrogens with zero attached hydrogens (tertiary/aromatic N) is 1. The van der Waals surface area contributed by atoms with E-state index < -0.39 is 17.3 Å². The van der Waals surface area contributed by atoms with Gasteiger partial charge in [-0.05, 0) is 50.0 Å². The zero-order chi connectivity index (χ0) is 21.5. The van der Waals surface area contributed by atoms with Crippen molar-refractivity contribution in [2.24, 2.45) is 0 Å². The summed E-state index contributed by atoms with van der Waals surface area (Å²) in [6.07, 6.45) is 4.00. The highest BCUT2D eigenvalue weighted by Gasteiger charge is 2.15. The van der Waals surface area contributed by atoms with Crippen LogP contribution in [-0.4, -0.2) is 44.0 Å². The minimum absolute atomic E-state index is 0.101. The molecule has 0 atom stereocenters. The zero-order valence-corrected chi connectivity index (χ0v) is 16.8. The van der Waals surface area contributed by atoms with E-state index in [4.69, 9.17) is 9.15 Å². The van der Waals surface area contributed by atoms with Gasteiger partial charge in [0, 0.05) is 18.3 Å². The second kappa shape index (κ2) is 9.67. The second-order valence-electron chi connectivity index (χ2n) is 6.86. The molecular weight excluding hydrogens is 384 g/mol. The molecule has 1 heterocycles. The van der Waals surface area contributed by atoms with Gasteiger partial charge in [0.2, 0.25) is 5.43 Å². The molecule has 0 spiro atoms. The lowest BCUT2D eigenvalue weighted by molar-refractivity contribution is -0.137. The SMILES string of the molecule is CN(C)CCOC(=O)/C=C/c1ccc2occ(C(=O)Nc3ccccc3)c(=O)c2c1. The Morgan fingerprint density at radius 2 is 1.90 bits per heavy atom. The number of carbonyl (C=O) groups excluding carboxylic acids is 2. The molecule has 0 saturated heterocycles. The number of para-hydroxylation sites is 1. The van der Waals surface area contributed by atoms with Crippen LogP contribution in [0.3, 0.4) is 0 Å². The van der Waals surface area contributed by atoms with Crippen LogP contribution in [0.1, 0.15) is 15.9 Å². The fourth-order valence-corrected chi connectivity index (χ4v) is 2.67. The highest BCUT2D eigenvalue weighted by Crippen LogP contribution is 2.16. The number of esters is 1. The van der Waals surface area contributed by atoms with Gasteiger partial charge in [0.25, 0.3) is 5.91 Å². The van der Waals surface area contributed by atoms with E-state index in [9.17, 15) is 14.4 Å². The summed E-state index contributed by atoms with van der Waals surface area (Å²) in [6, 6.07) is 13.7. The van der Waals surface area contributed by atoms with Gasteiger partial charge >= 0.3 is 5.97 Å². The van der Waals surface area contributed by atoms with E-state index in [0.717, 1.165) is 6.26 Å². The van der Waals surface area contributed by atoms with Gasteiger partial charge in [0.05, 0.1) is 5.39 Å². The van der Waals surface area contributed by atoms with Crippen LogP contribution in [0, 0.1) is 0 Å². The molecule has 0 saturated carbocycles. The lowest BCUT2D eigenvalue weighted by Crippen LogP contribution is -2.21. The van der Waals surface area contributed by atoms with Gasteiger partial charge < -0.3 is 19.4 Å². The lowest BCUT2D eigenvalue weighted by atomic mass is 10.1. The minimum Gasteiger partial charge on any atom is -0.463 e. The van der Waals surface area contributed by atoms with E-state index in [1.807, 2.05) is 25.1 Å². The van der Waals surface area contributed by atoms with Crippen LogP contribution >= 0.6 is 0 Å². The van der Waals surface area contributed by atoms with Crippen LogP contribution in [0.25, 0.3) is 17.0 Å². The third kappa shape index (κ3) is 5.42. The van der Waals surface area contributed by atoms with Gasteiger partial charge in [-0.2, -0.15) is 0 Å². The fraction of sp³-hybridized carbons (Fsp3) is 0.174. The van der Waals surface area contributed by atoms with Gasteiger partial charge in [0.15, 0.2) is 0 Å². The standard InChI is InChI=1S/C23H22N2O5/c1-25(2)12-13-29-21(26)11-9-16-8-10-20-18(14-16)22(27)19(15-30-20)23(28)24-17-6-4-3-5-7-17/h3-11,14-15H,12-13H2,1-2H3,(H,24,28)/b11-9+. The Balaban J connectivity index is 1.79. The first kappa shape index (κ1) is 21.0. The first-order valence-corrected chi connectivity index (χ1v) is 9.35. The van der Waals surface area contributed by atoms with Crippen molar-refractivity contribution in [1.29, 1.82) is 0 Å². The normalized spacial score (nSPS) is 11.2. The summed E-state index contributed by atoms with van der Waals surface area (Å²) in [5.74, 6) is -1.03. The van der Waals surface area contributed by atoms with Crippen molar-refractivity contribution in [3.8, 4) is 0 Å². The first-order chi connectivity index (χ1) is 14.4. The van der Waals surface area contributed by atoms with Gasteiger partial charge in [-0.3, -0.25) is 9.59 Å². The maximum atomic E-state index is 12.8. The van der Waals surface area contributed by atoms with Gasteiger partial charge in [-0.25, -0.2) is 4.79 Å². The number of ether oxygens (including phenoxy) is 1. The minimum atomic E-state index is -0.553. The van der Waals surface area contributed by atoms with Crippen molar-refractivity contribution in [3.63, 3.8) is 0 Å². The third-order valence-electron chi connectivity index (χ3n) is 4.27. The summed E-state index contributed by atoms with van der Waals surface area (Å²) in [5, 5.41) is 2.92. The Morgan fingerprint density at radius 3 is 2.63 bits per heavy atom. The van der Waals surface area contributed by atoms with Crippen molar-refractivity contribution in [3.05, 3.63) is 82.2 Å². The molecule has 0 fully saturated rings. The molecule has 1 amide bonds. The second-order valence-corrected chi connectivity index (χ2v) is 6.86. The molecule has 30 heavy (non-hydrogen) atoms. The largest absolute Gasteiger partial charge is 0.463 e. The van der Waals surface area contributed by atoms with Gasteiger partial charge in [-0.1, -0.05) is 24.3 Å². The molecule has 0 unspecified atom stereocenters. The van der Waals surface area contributed by atoms with Crippen molar-refractivity contribution in [2.75, 3.05) is 32.6 Å². The molecule has 2 aromatic carbocycles. The average Bonchev–Trinajstić information content (AvgIpc) is 2.73. The molecule has 0 radical (unpaired) electrons. The molecular formula is C23H22N2O5. The Hall–Kier alpha value is -3.71. The average molecular weight is 406 g/mol. The summed E-state index contributed by atoms with van der Waals surface area (Å²) in [7, 11) is 3.78. The van der Waals surface area contributed by atoms with Crippen LogP contribution in [0.2, 0.25) is 0 Å². The van der Waals surface area contributed by atoms with Crippen LogP contribution in [0.5, 0.6) is 0 Å². The van der Waals surface area contributed by atoms with Gasteiger partial charge in [0.1, 0.15) is 24.0 Å². The molecule has 7 heteroatoms. The summed E-state index contributed by atoms with van der Waals surface area (Å²) in [4.78, 5) is 39.0. The summed E-state index contributed by atoms with van der Waals surface area (Å²) in [6.45, 7) is 0.918. The maximum Gasteiger partial charge on any atom is 0.330 e. The lowest BCUT2D eigenvalue weighted by Gasteiger charge is -2.08. The Labute approximate surface area is 173 Å². The van der Waals surface area contributed by atoms with E-state index in [-0.39, 0.29) is 17.6 Å². The van der Waals surface area contributed by atoms with E-state index in [2.05, 4.69) is 5.32 Å².